The van der Waals surface area contributed by atoms with Gasteiger partial charge >= 0.3 is 0 Å². The molecule has 29 heavy (non-hydrogen) atoms. The highest BCUT2D eigenvalue weighted by atomic mass is 16.2. The lowest BCUT2D eigenvalue weighted by Gasteiger charge is -2.40. The number of nitriles is 1. The van der Waals surface area contributed by atoms with Crippen molar-refractivity contribution >= 4 is 17.6 Å². The number of nitrogens with zero attached hydrogens (tertiary/aromatic N) is 4. The molecule has 7 heteroatoms. The number of carbonyl (C=O) groups is 2. The summed E-state index contributed by atoms with van der Waals surface area (Å²) < 4.78 is 0. The number of amides is 2. The van der Waals surface area contributed by atoms with Gasteiger partial charge in [-0.05, 0) is 37.1 Å². The van der Waals surface area contributed by atoms with Gasteiger partial charge in [0.1, 0.15) is 17.9 Å². The van der Waals surface area contributed by atoms with Crippen LogP contribution in [0.25, 0.3) is 11.1 Å². The van der Waals surface area contributed by atoms with Gasteiger partial charge in [-0.1, -0.05) is 25.5 Å². The molecule has 1 atom stereocenters. The minimum atomic E-state index is -0.423. The molecule has 2 heterocycles. The van der Waals surface area contributed by atoms with Crippen LogP contribution in [0.1, 0.15) is 42.6 Å². The molecule has 0 radical (unpaired) electrons. The zero-order valence-corrected chi connectivity index (χ0v) is 16.8. The van der Waals surface area contributed by atoms with Crippen LogP contribution in [0.3, 0.4) is 0 Å². The van der Waals surface area contributed by atoms with Gasteiger partial charge in [-0.15, -0.1) is 0 Å². The Labute approximate surface area is 170 Å². The molecule has 2 amide bonds. The predicted octanol–water partition coefficient (Wildman–Crippen LogP) is 2.68. The average molecular weight is 391 g/mol. The molecule has 1 aromatic carbocycles. The molecule has 1 aromatic heterocycles. The first-order chi connectivity index (χ1) is 14.0. The number of hydrogen-bond donors (Lipinski definition) is 1. The van der Waals surface area contributed by atoms with Crippen molar-refractivity contribution in [3.05, 3.63) is 47.7 Å². The van der Waals surface area contributed by atoms with Crippen LogP contribution in [-0.2, 0) is 4.79 Å². The van der Waals surface area contributed by atoms with Gasteiger partial charge in [0.25, 0.3) is 5.91 Å². The number of piperazine rings is 1. The van der Waals surface area contributed by atoms with Crippen LogP contribution < -0.4 is 5.73 Å². The Balaban J connectivity index is 1.91. The van der Waals surface area contributed by atoms with E-state index in [1.807, 2.05) is 30.9 Å². The summed E-state index contributed by atoms with van der Waals surface area (Å²) in [5.74, 6) is 0.0445. The van der Waals surface area contributed by atoms with Crippen molar-refractivity contribution in [1.29, 1.82) is 5.26 Å². The van der Waals surface area contributed by atoms with Crippen LogP contribution in [0.4, 0.5) is 5.82 Å². The number of likely N-dealkylation sites (N-methyl/N-ethyl adjacent to an activating group) is 1. The van der Waals surface area contributed by atoms with Crippen molar-refractivity contribution in [2.45, 2.75) is 32.7 Å². The van der Waals surface area contributed by atoms with E-state index in [0.29, 0.717) is 42.7 Å². The molecular formula is C22H25N5O2. The summed E-state index contributed by atoms with van der Waals surface area (Å²) in [6.07, 6.45) is 3.06. The van der Waals surface area contributed by atoms with E-state index in [-0.39, 0.29) is 17.6 Å². The molecule has 150 valence electrons. The van der Waals surface area contributed by atoms with E-state index in [4.69, 9.17) is 5.73 Å². The molecule has 7 nitrogen and oxygen atoms in total. The number of hydrogen-bond acceptors (Lipinski definition) is 5. The first kappa shape index (κ1) is 20.3. The maximum atomic E-state index is 13.3. The van der Waals surface area contributed by atoms with E-state index < -0.39 is 6.04 Å². The van der Waals surface area contributed by atoms with Gasteiger partial charge in [0.05, 0.1) is 5.56 Å². The van der Waals surface area contributed by atoms with E-state index in [0.717, 1.165) is 12.0 Å². The third-order valence-electron chi connectivity index (χ3n) is 5.27. The van der Waals surface area contributed by atoms with Crippen LogP contribution in [0.15, 0.2) is 36.5 Å². The quantitative estimate of drug-likeness (QED) is 0.844. The highest BCUT2D eigenvalue weighted by Gasteiger charge is 2.36. The second-order valence-electron chi connectivity index (χ2n) is 7.07. The van der Waals surface area contributed by atoms with Crippen LogP contribution in [0.5, 0.6) is 0 Å². The molecular weight excluding hydrogens is 366 g/mol. The number of pyridine rings is 1. The molecule has 0 bridgehead atoms. The molecule has 1 unspecified atom stereocenters. The van der Waals surface area contributed by atoms with Crippen molar-refractivity contribution in [2.24, 2.45) is 0 Å². The predicted molar refractivity (Wildman–Crippen MR) is 111 cm³/mol. The fraction of sp³-hybridized carbons (Fsp3) is 0.364. The molecule has 3 rings (SSSR count). The smallest absolute Gasteiger partial charge is 0.254 e. The fourth-order valence-electron chi connectivity index (χ4n) is 3.67. The number of aromatic nitrogens is 1. The number of carbonyl (C=O) groups excluding carboxylic acids is 2. The lowest BCUT2D eigenvalue weighted by atomic mass is 10.0. The van der Waals surface area contributed by atoms with E-state index in [1.54, 1.807) is 35.4 Å². The normalized spacial score (nSPS) is 16.6. The van der Waals surface area contributed by atoms with E-state index in [9.17, 15) is 14.9 Å². The van der Waals surface area contributed by atoms with Gasteiger partial charge in [-0.3, -0.25) is 9.59 Å². The topological polar surface area (TPSA) is 103 Å². The lowest BCUT2D eigenvalue weighted by Crippen LogP contribution is -2.58. The van der Waals surface area contributed by atoms with E-state index in [1.165, 1.54) is 0 Å². The van der Waals surface area contributed by atoms with E-state index >= 15 is 0 Å². The highest BCUT2D eigenvalue weighted by molar-refractivity contribution is 5.99. The maximum absolute atomic E-state index is 13.3. The molecule has 1 aliphatic rings. The number of benzene rings is 1. The number of rotatable bonds is 5. The highest BCUT2D eigenvalue weighted by Crippen LogP contribution is 2.25. The number of nitrogens with two attached hydrogens (primary N) is 1. The zero-order valence-electron chi connectivity index (χ0n) is 16.8. The van der Waals surface area contributed by atoms with Crippen LogP contribution in [0, 0.1) is 11.3 Å². The molecule has 2 N–H and O–H groups in total. The Kier molecular flexibility index (Phi) is 6.13. The monoisotopic (exact) mass is 391 g/mol. The van der Waals surface area contributed by atoms with Gasteiger partial charge in [0.15, 0.2) is 0 Å². The largest absolute Gasteiger partial charge is 0.383 e. The Bertz CT molecular complexity index is 966. The van der Waals surface area contributed by atoms with Crippen LogP contribution in [0.2, 0.25) is 0 Å². The molecule has 1 saturated heterocycles. The van der Waals surface area contributed by atoms with Crippen molar-refractivity contribution in [3.63, 3.8) is 0 Å². The van der Waals surface area contributed by atoms with Crippen molar-refractivity contribution < 1.29 is 9.59 Å². The summed E-state index contributed by atoms with van der Waals surface area (Å²) >= 11 is 0. The van der Waals surface area contributed by atoms with Crippen LogP contribution >= 0.6 is 0 Å². The maximum Gasteiger partial charge on any atom is 0.254 e. The summed E-state index contributed by atoms with van der Waals surface area (Å²) in [5, 5.41) is 9.18. The zero-order chi connectivity index (χ0) is 21.0. The summed E-state index contributed by atoms with van der Waals surface area (Å²) in [4.78, 5) is 33.6. The first-order valence-electron chi connectivity index (χ1n) is 9.85. The minimum absolute atomic E-state index is 0.0199. The first-order valence-corrected chi connectivity index (χ1v) is 9.85. The molecule has 2 aromatic rings. The van der Waals surface area contributed by atoms with Gasteiger partial charge in [0, 0.05) is 37.0 Å². The minimum Gasteiger partial charge on any atom is -0.383 e. The Morgan fingerprint density at radius 2 is 2.07 bits per heavy atom. The summed E-state index contributed by atoms with van der Waals surface area (Å²) in [7, 11) is 0. The summed E-state index contributed by atoms with van der Waals surface area (Å²) in [6, 6.07) is 10.4. The molecule has 1 fully saturated rings. The second-order valence-corrected chi connectivity index (χ2v) is 7.07. The molecule has 1 aliphatic heterocycles. The Hall–Kier alpha value is -3.40. The third-order valence-corrected chi connectivity index (χ3v) is 5.27. The lowest BCUT2D eigenvalue weighted by molar-refractivity contribution is -0.140. The Morgan fingerprint density at radius 1 is 1.28 bits per heavy atom. The number of nitrogen functional groups attached to an aromatic ring is 1. The van der Waals surface area contributed by atoms with Crippen molar-refractivity contribution in [3.8, 4) is 17.2 Å². The van der Waals surface area contributed by atoms with Gasteiger partial charge in [-0.25, -0.2) is 4.98 Å². The second kappa shape index (κ2) is 8.74. The van der Waals surface area contributed by atoms with Crippen LogP contribution in [-0.4, -0.2) is 52.3 Å². The summed E-state index contributed by atoms with van der Waals surface area (Å²) in [5.41, 5.74) is 7.99. The standard InChI is InChI=1S/C22H25N5O2/c1-3-6-19-22(29)26(4-2)9-10-27(19)21(28)16-8-5-7-15(11-16)18-12-17(13-23)20(24)25-14-18/h5,7-8,11-12,14,19H,3-4,6,9-10H2,1-2H3,(H2,24,25). The number of anilines is 1. The third kappa shape index (κ3) is 4.06. The van der Waals surface area contributed by atoms with Gasteiger partial charge in [0.2, 0.25) is 5.91 Å². The summed E-state index contributed by atoms with van der Waals surface area (Å²) in [6.45, 7) is 5.70. The SMILES string of the molecule is CCCC1C(=O)N(CC)CCN1C(=O)c1cccc(-c2cnc(N)c(C#N)c2)c1. The average Bonchev–Trinajstić information content (AvgIpc) is 2.75. The Morgan fingerprint density at radius 3 is 2.76 bits per heavy atom. The van der Waals surface area contributed by atoms with Gasteiger partial charge < -0.3 is 15.5 Å². The van der Waals surface area contributed by atoms with Gasteiger partial charge in [-0.2, -0.15) is 5.26 Å². The molecule has 0 saturated carbocycles. The van der Waals surface area contributed by atoms with E-state index in [2.05, 4.69) is 4.98 Å². The molecule has 0 spiro atoms. The molecule has 0 aliphatic carbocycles. The van der Waals surface area contributed by atoms with Crippen molar-refractivity contribution in [1.82, 2.24) is 14.8 Å². The van der Waals surface area contributed by atoms with Crippen molar-refractivity contribution in [2.75, 3.05) is 25.4 Å². The fourth-order valence-corrected chi connectivity index (χ4v) is 3.67.